The van der Waals surface area contributed by atoms with Crippen LogP contribution in [0.15, 0.2) is 24.3 Å². The Balaban J connectivity index is 2.30. The second-order valence-electron chi connectivity index (χ2n) is 8.75. The van der Waals surface area contributed by atoms with E-state index >= 15 is 0 Å². The third-order valence-corrected chi connectivity index (χ3v) is 5.67. The summed E-state index contributed by atoms with van der Waals surface area (Å²) in [4.78, 5) is 25.1. The van der Waals surface area contributed by atoms with Crippen molar-refractivity contribution >= 4 is 11.8 Å². The van der Waals surface area contributed by atoms with Crippen LogP contribution in [-0.2, 0) is 16.0 Å². The zero-order valence-electron chi connectivity index (χ0n) is 20.5. The molecule has 0 spiro atoms. The predicted octanol–water partition coefficient (Wildman–Crippen LogP) is 3.40. The maximum atomic E-state index is 12.8. The van der Waals surface area contributed by atoms with Crippen molar-refractivity contribution in [2.75, 3.05) is 26.2 Å². The number of hydrogen-bond donors (Lipinski definition) is 5. The number of unbranched alkanes of at least 4 members (excludes halogenated alkanes) is 7. The van der Waals surface area contributed by atoms with Gasteiger partial charge in [-0.25, -0.2) is 0 Å². The Hall–Kier alpha value is -2.12. The summed E-state index contributed by atoms with van der Waals surface area (Å²) in [5.41, 5.74) is 6.38. The van der Waals surface area contributed by atoms with E-state index in [9.17, 15) is 14.7 Å². The standard InChI is InChI=1S/C26H46N4O3/c1-2-3-8-12-25(32)30-24(21-22-13-15-23(31)16-14-22)26(33)29-20-10-7-5-4-6-9-18-28-19-11-17-27/h13-16,24,28,31H,2-12,17-21,27H2,1H3,(H,29,33)(H,30,32). The summed E-state index contributed by atoms with van der Waals surface area (Å²) in [5.74, 6) is -0.0402. The zero-order chi connectivity index (χ0) is 24.2. The van der Waals surface area contributed by atoms with E-state index < -0.39 is 6.04 Å². The van der Waals surface area contributed by atoms with Gasteiger partial charge in [-0.3, -0.25) is 9.59 Å². The van der Waals surface area contributed by atoms with Gasteiger partial charge in [0.15, 0.2) is 0 Å². The highest BCUT2D eigenvalue weighted by Crippen LogP contribution is 2.12. The minimum absolute atomic E-state index is 0.0834. The van der Waals surface area contributed by atoms with Gasteiger partial charge in [-0.05, 0) is 63.0 Å². The molecule has 0 radical (unpaired) electrons. The van der Waals surface area contributed by atoms with Gasteiger partial charge >= 0.3 is 0 Å². The molecular formula is C26H46N4O3. The fraction of sp³-hybridized carbons (Fsp3) is 0.692. The normalized spacial score (nSPS) is 11.8. The zero-order valence-corrected chi connectivity index (χ0v) is 20.5. The van der Waals surface area contributed by atoms with Crippen molar-refractivity contribution in [2.45, 2.75) is 90.0 Å². The Labute approximate surface area is 200 Å². The smallest absolute Gasteiger partial charge is 0.242 e. The second kappa shape index (κ2) is 19.4. The monoisotopic (exact) mass is 462 g/mol. The van der Waals surface area contributed by atoms with Gasteiger partial charge in [-0.15, -0.1) is 0 Å². The van der Waals surface area contributed by atoms with Crippen molar-refractivity contribution in [3.63, 3.8) is 0 Å². The van der Waals surface area contributed by atoms with Crippen LogP contribution in [0.4, 0.5) is 0 Å². The summed E-state index contributed by atoms with van der Waals surface area (Å²) < 4.78 is 0. The van der Waals surface area contributed by atoms with Crippen molar-refractivity contribution in [3.05, 3.63) is 29.8 Å². The number of phenols is 1. The summed E-state index contributed by atoms with van der Waals surface area (Å²) >= 11 is 0. The molecule has 0 aromatic heterocycles. The molecule has 7 nitrogen and oxygen atoms in total. The molecule has 0 aliphatic carbocycles. The minimum atomic E-state index is -0.601. The lowest BCUT2D eigenvalue weighted by Gasteiger charge is -2.19. The Kier molecular flexibility index (Phi) is 17.0. The maximum absolute atomic E-state index is 12.8. The molecule has 0 saturated heterocycles. The Morgan fingerprint density at radius 1 is 0.879 bits per heavy atom. The molecule has 0 bridgehead atoms. The van der Waals surface area contributed by atoms with E-state index in [0.717, 1.165) is 63.7 Å². The van der Waals surface area contributed by atoms with Gasteiger partial charge in [0.05, 0.1) is 0 Å². The number of nitrogens with one attached hydrogen (secondary N) is 3. The van der Waals surface area contributed by atoms with Crippen molar-refractivity contribution in [3.8, 4) is 5.75 Å². The van der Waals surface area contributed by atoms with E-state index in [4.69, 9.17) is 5.73 Å². The lowest BCUT2D eigenvalue weighted by Crippen LogP contribution is -2.48. The first-order chi connectivity index (χ1) is 16.1. The van der Waals surface area contributed by atoms with Crippen LogP contribution in [0.5, 0.6) is 5.75 Å². The molecule has 0 heterocycles. The quantitative estimate of drug-likeness (QED) is 0.190. The van der Waals surface area contributed by atoms with Gasteiger partial charge < -0.3 is 26.8 Å². The van der Waals surface area contributed by atoms with Crippen LogP contribution < -0.4 is 21.7 Å². The lowest BCUT2D eigenvalue weighted by molar-refractivity contribution is -0.129. The van der Waals surface area contributed by atoms with Crippen molar-refractivity contribution in [1.82, 2.24) is 16.0 Å². The van der Waals surface area contributed by atoms with Crippen LogP contribution in [0.2, 0.25) is 0 Å². The second-order valence-corrected chi connectivity index (χ2v) is 8.75. The van der Waals surface area contributed by atoms with Crippen LogP contribution in [0.3, 0.4) is 0 Å². The Morgan fingerprint density at radius 2 is 1.52 bits per heavy atom. The highest BCUT2D eigenvalue weighted by molar-refractivity contribution is 5.87. The summed E-state index contributed by atoms with van der Waals surface area (Å²) in [6.07, 6.45) is 11.6. The van der Waals surface area contributed by atoms with Crippen molar-refractivity contribution < 1.29 is 14.7 Å². The number of carbonyl (C=O) groups is 2. The number of benzene rings is 1. The number of hydrogen-bond acceptors (Lipinski definition) is 5. The van der Waals surface area contributed by atoms with Gasteiger partial charge in [0.25, 0.3) is 0 Å². The summed E-state index contributed by atoms with van der Waals surface area (Å²) in [7, 11) is 0. The predicted molar refractivity (Wildman–Crippen MR) is 135 cm³/mol. The molecule has 188 valence electrons. The molecule has 1 unspecified atom stereocenters. The maximum Gasteiger partial charge on any atom is 0.242 e. The highest BCUT2D eigenvalue weighted by atomic mass is 16.3. The van der Waals surface area contributed by atoms with E-state index in [0.29, 0.717) is 19.4 Å². The summed E-state index contributed by atoms with van der Waals surface area (Å²) in [5, 5.41) is 18.8. The molecule has 0 aliphatic rings. The fourth-order valence-electron chi connectivity index (χ4n) is 3.65. The summed E-state index contributed by atoms with van der Waals surface area (Å²) in [6.45, 7) is 5.52. The molecule has 1 aromatic rings. The number of rotatable bonds is 20. The van der Waals surface area contributed by atoms with E-state index in [1.54, 1.807) is 24.3 Å². The molecule has 7 heteroatoms. The largest absolute Gasteiger partial charge is 0.508 e. The fourth-order valence-corrected chi connectivity index (χ4v) is 3.65. The van der Waals surface area contributed by atoms with Crippen molar-refractivity contribution in [1.29, 1.82) is 0 Å². The van der Waals surface area contributed by atoms with Crippen molar-refractivity contribution in [2.24, 2.45) is 5.73 Å². The summed E-state index contributed by atoms with van der Waals surface area (Å²) in [6, 6.07) is 6.17. The average Bonchev–Trinajstić information content (AvgIpc) is 2.80. The Morgan fingerprint density at radius 3 is 2.18 bits per heavy atom. The van der Waals surface area contributed by atoms with Crippen LogP contribution in [0, 0.1) is 0 Å². The van der Waals surface area contributed by atoms with Crippen LogP contribution in [0.25, 0.3) is 0 Å². The SMILES string of the molecule is CCCCCC(=O)NC(Cc1ccc(O)cc1)C(=O)NCCCCCCCCNCCCN. The van der Waals surface area contributed by atoms with Crippen LogP contribution in [-0.4, -0.2) is 49.1 Å². The topological polar surface area (TPSA) is 116 Å². The number of phenolic OH excluding ortho intramolecular Hbond substituents is 1. The molecule has 6 N–H and O–H groups in total. The average molecular weight is 463 g/mol. The first-order valence-corrected chi connectivity index (χ1v) is 12.8. The van der Waals surface area contributed by atoms with E-state index in [1.165, 1.54) is 25.7 Å². The third-order valence-electron chi connectivity index (χ3n) is 5.67. The molecule has 0 saturated carbocycles. The first kappa shape index (κ1) is 28.9. The first-order valence-electron chi connectivity index (χ1n) is 12.8. The van der Waals surface area contributed by atoms with Gasteiger partial charge in [-0.2, -0.15) is 0 Å². The van der Waals surface area contributed by atoms with Gasteiger partial charge in [0, 0.05) is 19.4 Å². The van der Waals surface area contributed by atoms with Gasteiger partial charge in [-0.1, -0.05) is 57.6 Å². The van der Waals surface area contributed by atoms with Gasteiger partial charge in [0.1, 0.15) is 11.8 Å². The Bertz CT molecular complexity index is 637. The molecule has 0 fully saturated rings. The number of nitrogens with two attached hydrogens (primary N) is 1. The molecule has 1 atom stereocenters. The molecular weight excluding hydrogens is 416 g/mol. The van der Waals surface area contributed by atoms with Gasteiger partial charge in [0.2, 0.25) is 11.8 Å². The minimum Gasteiger partial charge on any atom is -0.508 e. The molecule has 0 aliphatic heterocycles. The van der Waals surface area contributed by atoms with Crippen LogP contribution >= 0.6 is 0 Å². The third kappa shape index (κ3) is 15.4. The van der Waals surface area contributed by atoms with E-state index in [1.807, 2.05) is 0 Å². The van der Waals surface area contributed by atoms with E-state index in [2.05, 4.69) is 22.9 Å². The number of carbonyl (C=O) groups excluding carboxylic acids is 2. The number of aromatic hydroxyl groups is 1. The van der Waals surface area contributed by atoms with Crippen LogP contribution in [0.1, 0.15) is 83.1 Å². The molecule has 1 rings (SSSR count). The van der Waals surface area contributed by atoms with E-state index in [-0.39, 0.29) is 17.6 Å². The number of amides is 2. The molecule has 2 amide bonds. The molecule has 1 aromatic carbocycles. The molecule has 33 heavy (non-hydrogen) atoms. The highest BCUT2D eigenvalue weighted by Gasteiger charge is 2.20. The lowest BCUT2D eigenvalue weighted by atomic mass is 10.0.